The molecule has 3 aromatic rings. The molecule has 0 unspecified atom stereocenters. The van der Waals surface area contributed by atoms with Gasteiger partial charge in [-0.3, -0.25) is 9.48 Å². The molecule has 0 spiro atoms. The Labute approximate surface area is 220 Å². The Kier molecular flexibility index (Phi) is 7.79. The number of rotatable bonds is 7. The largest absolute Gasteiger partial charge is 0.419 e. The summed E-state index contributed by atoms with van der Waals surface area (Å²) in [5, 5.41) is 9.79. The molecule has 1 aromatic heterocycles. The molecule has 14 heteroatoms. The van der Waals surface area contributed by atoms with E-state index in [1.165, 1.54) is 10.9 Å². The van der Waals surface area contributed by atoms with E-state index in [4.69, 9.17) is 0 Å². The van der Waals surface area contributed by atoms with Gasteiger partial charge in [0.15, 0.2) is 9.84 Å². The number of nitrogens with one attached hydrogen (secondary N) is 1. The van der Waals surface area contributed by atoms with Gasteiger partial charge in [0.05, 0.1) is 35.0 Å². The monoisotopic (exact) mass is 574 g/mol. The summed E-state index contributed by atoms with van der Waals surface area (Å²) in [5.74, 6) is -4.86. The minimum Gasteiger partial charge on any atom is -0.326 e. The Balaban J connectivity index is 1.51. The maximum atomic E-state index is 14.9. The molecule has 4 rings (SSSR count). The average molecular weight is 575 g/mol. The summed E-state index contributed by atoms with van der Waals surface area (Å²) in [7, 11) is -3.47. The Morgan fingerprint density at radius 1 is 1.08 bits per heavy atom. The molecule has 1 aliphatic carbocycles. The van der Waals surface area contributed by atoms with Crippen LogP contribution in [0.15, 0.2) is 36.5 Å². The summed E-state index contributed by atoms with van der Waals surface area (Å²) < 4.78 is 108. The van der Waals surface area contributed by atoms with Gasteiger partial charge in [-0.05, 0) is 36.6 Å². The number of nitrogens with zero attached hydrogens (tertiary/aromatic N) is 3. The van der Waals surface area contributed by atoms with E-state index in [1.807, 2.05) is 0 Å². The summed E-state index contributed by atoms with van der Waals surface area (Å²) in [6.45, 7) is -0.0255. The minimum atomic E-state index is -4.96. The molecule has 1 heterocycles. The van der Waals surface area contributed by atoms with Crippen LogP contribution < -0.4 is 5.32 Å². The zero-order valence-electron chi connectivity index (χ0n) is 20.7. The SMILES string of the molecule is CS(=O)(=O)C1(Cn2cc(-c3c(F)cc(NC(=O)Cc4cccc(C(F)(F)F)c4F)cc3F)nn2)CCCCC1. The highest BCUT2D eigenvalue weighted by molar-refractivity contribution is 7.92. The molecular formula is C25H24F6N4O3S. The number of amides is 1. The van der Waals surface area contributed by atoms with E-state index in [0.29, 0.717) is 18.9 Å². The van der Waals surface area contributed by atoms with Gasteiger partial charge in [0, 0.05) is 11.9 Å². The van der Waals surface area contributed by atoms with Crippen LogP contribution in [0.3, 0.4) is 0 Å². The normalized spacial score (nSPS) is 15.8. The first-order valence-corrected chi connectivity index (χ1v) is 13.8. The molecular weight excluding hydrogens is 550 g/mol. The van der Waals surface area contributed by atoms with Gasteiger partial charge >= 0.3 is 6.18 Å². The molecule has 0 radical (unpaired) electrons. The Hall–Kier alpha value is -3.42. The fourth-order valence-electron chi connectivity index (χ4n) is 4.83. The van der Waals surface area contributed by atoms with E-state index in [0.717, 1.165) is 49.8 Å². The Bertz CT molecular complexity index is 1470. The standard InChI is InChI=1S/C25H24F6N4O3S/c1-39(37,38)24(8-3-2-4-9-24)14-35-13-20(33-34-35)22-18(26)11-16(12-19(22)27)32-21(36)10-15-6-5-7-17(23(15)28)25(29,30)31/h5-7,11-13H,2-4,8-10,14H2,1H3,(H,32,36). The molecule has 0 saturated heterocycles. The molecule has 0 bridgehead atoms. The zero-order valence-corrected chi connectivity index (χ0v) is 21.5. The Morgan fingerprint density at radius 2 is 1.72 bits per heavy atom. The zero-order chi connectivity index (χ0) is 28.6. The van der Waals surface area contributed by atoms with Gasteiger partial charge in [-0.1, -0.05) is 36.6 Å². The third-order valence-electron chi connectivity index (χ3n) is 6.86. The van der Waals surface area contributed by atoms with Crippen LogP contribution in [0.5, 0.6) is 0 Å². The van der Waals surface area contributed by atoms with Crippen LogP contribution in [0.25, 0.3) is 11.3 Å². The van der Waals surface area contributed by atoms with Crippen LogP contribution in [0.4, 0.5) is 32.0 Å². The predicted octanol–water partition coefficient (Wildman–Crippen LogP) is 5.31. The lowest BCUT2D eigenvalue weighted by molar-refractivity contribution is -0.140. The summed E-state index contributed by atoms with van der Waals surface area (Å²) in [5.41, 5.74) is -3.19. The van der Waals surface area contributed by atoms with Crippen molar-refractivity contribution in [2.24, 2.45) is 0 Å². The smallest absolute Gasteiger partial charge is 0.326 e. The van der Waals surface area contributed by atoms with E-state index in [1.54, 1.807) is 0 Å². The van der Waals surface area contributed by atoms with Crippen molar-refractivity contribution in [1.29, 1.82) is 0 Å². The first-order chi connectivity index (χ1) is 18.2. The van der Waals surface area contributed by atoms with Crippen LogP contribution in [-0.4, -0.2) is 40.3 Å². The highest BCUT2D eigenvalue weighted by Crippen LogP contribution is 2.37. The van der Waals surface area contributed by atoms with E-state index in [-0.39, 0.29) is 17.9 Å². The number of carbonyl (C=O) groups excluding carboxylic acids is 1. The minimum absolute atomic E-state index is 0.0255. The third kappa shape index (κ3) is 6.10. The quantitative estimate of drug-likeness (QED) is 0.386. The molecule has 1 aliphatic rings. The second-order valence-electron chi connectivity index (χ2n) is 9.63. The molecule has 210 valence electrons. The van der Waals surface area contributed by atoms with Crippen molar-refractivity contribution >= 4 is 21.4 Å². The topological polar surface area (TPSA) is 94.0 Å². The van der Waals surface area contributed by atoms with Crippen LogP contribution in [0, 0.1) is 17.5 Å². The fraction of sp³-hybridized carbons (Fsp3) is 0.400. The van der Waals surface area contributed by atoms with E-state index in [9.17, 15) is 39.6 Å². The van der Waals surface area contributed by atoms with E-state index < -0.39 is 67.2 Å². The lowest BCUT2D eigenvalue weighted by Gasteiger charge is -2.35. The number of aromatic nitrogens is 3. The first kappa shape index (κ1) is 28.6. The first-order valence-electron chi connectivity index (χ1n) is 11.9. The molecule has 0 aliphatic heterocycles. The molecule has 7 nitrogen and oxygen atoms in total. The van der Waals surface area contributed by atoms with Crippen molar-refractivity contribution in [2.75, 3.05) is 11.6 Å². The van der Waals surface area contributed by atoms with Crippen molar-refractivity contribution in [3.63, 3.8) is 0 Å². The van der Waals surface area contributed by atoms with Crippen molar-refractivity contribution in [3.8, 4) is 11.3 Å². The Morgan fingerprint density at radius 3 is 2.31 bits per heavy atom. The summed E-state index contributed by atoms with van der Waals surface area (Å²) in [6.07, 6.45) is -0.142. The molecule has 39 heavy (non-hydrogen) atoms. The molecule has 1 amide bonds. The molecule has 2 aromatic carbocycles. The van der Waals surface area contributed by atoms with E-state index in [2.05, 4.69) is 15.6 Å². The second kappa shape index (κ2) is 10.6. The van der Waals surface area contributed by atoms with Gasteiger partial charge in [0.25, 0.3) is 0 Å². The fourth-order valence-corrected chi connectivity index (χ4v) is 6.23. The van der Waals surface area contributed by atoms with Crippen LogP contribution in [-0.2, 0) is 33.8 Å². The van der Waals surface area contributed by atoms with Crippen molar-refractivity contribution in [2.45, 2.75) is 56.0 Å². The average Bonchev–Trinajstić information content (AvgIpc) is 3.26. The van der Waals surface area contributed by atoms with Crippen molar-refractivity contribution in [3.05, 3.63) is 65.1 Å². The highest BCUT2D eigenvalue weighted by Gasteiger charge is 2.42. The third-order valence-corrected chi connectivity index (χ3v) is 8.97. The molecule has 0 atom stereocenters. The lowest BCUT2D eigenvalue weighted by Crippen LogP contribution is -2.44. The number of hydrogen-bond donors (Lipinski definition) is 1. The van der Waals surface area contributed by atoms with Crippen LogP contribution in [0.1, 0.15) is 43.2 Å². The summed E-state index contributed by atoms with van der Waals surface area (Å²) in [4.78, 5) is 12.3. The summed E-state index contributed by atoms with van der Waals surface area (Å²) >= 11 is 0. The van der Waals surface area contributed by atoms with Crippen LogP contribution >= 0.6 is 0 Å². The lowest BCUT2D eigenvalue weighted by atomic mass is 9.88. The van der Waals surface area contributed by atoms with E-state index >= 15 is 0 Å². The number of carbonyl (C=O) groups is 1. The molecule has 1 N–H and O–H groups in total. The predicted molar refractivity (Wildman–Crippen MR) is 130 cm³/mol. The van der Waals surface area contributed by atoms with Gasteiger partial charge in [-0.25, -0.2) is 21.6 Å². The van der Waals surface area contributed by atoms with Gasteiger partial charge in [0.2, 0.25) is 5.91 Å². The van der Waals surface area contributed by atoms with Crippen molar-refractivity contribution < 1.29 is 39.6 Å². The number of halogens is 6. The maximum absolute atomic E-state index is 14.9. The number of alkyl halides is 3. The van der Waals surface area contributed by atoms with Crippen LogP contribution in [0.2, 0.25) is 0 Å². The van der Waals surface area contributed by atoms with Gasteiger partial charge in [0.1, 0.15) is 23.1 Å². The number of hydrogen-bond acceptors (Lipinski definition) is 5. The molecule has 1 fully saturated rings. The van der Waals surface area contributed by atoms with Gasteiger partial charge < -0.3 is 5.32 Å². The number of anilines is 1. The number of benzene rings is 2. The summed E-state index contributed by atoms with van der Waals surface area (Å²) in [6, 6.07) is 4.03. The highest BCUT2D eigenvalue weighted by atomic mass is 32.2. The number of sulfone groups is 1. The second-order valence-corrected chi connectivity index (χ2v) is 12.0. The molecule has 1 saturated carbocycles. The van der Waals surface area contributed by atoms with Gasteiger partial charge in [-0.15, -0.1) is 5.10 Å². The van der Waals surface area contributed by atoms with Crippen molar-refractivity contribution in [1.82, 2.24) is 15.0 Å². The maximum Gasteiger partial charge on any atom is 0.419 e. The van der Waals surface area contributed by atoms with Gasteiger partial charge in [-0.2, -0.15) is 13.2 Å².